The largest absolute Gasteiger partial charge is 0.345 e. The molecule has 6 nitrogen and oxygen atoms in total. The third-order valence-electron chi connectivity index (χ3n) is 3.83. The zero-order chi connectivity index (χ0) is 14.9. The number of hydrogen-bond donors (Lipinski definition) is 1. The highest BCUT2D eigenvalue weighted by Crippen LogP contribution is 2.19. The van der Waals surface area contributed by atoms with Crippen LogP contribution in [-0.4, -0.2) is 36.9 Å². The summed E-state index contributed by atoms with van der Waals surface area (Å²) in [4.78, 5) is 14.3. The Morgan fingerprint density at radius 1 is 1.35 bits per heavy atom. The Kier molecular flexibility index (Phi) is 4.19. The van der Waals surface area contributed by atoms with E-state index in [1.807, 2.05) is 0 Å². The summed E-state index contributed by atoms with van der Waals surface area (Å²) in [6, 6.07) is 1.35. The molecule has 1 aromatic heterocycles. The van der Waals surface area contributed by atoms with Gasteiger partial charge in [-0.05, 0) is 31.2 Å². The number of aromatic nitrogens is 1. The van der Waals surface area contributed by atoms with Crippen LogP contribution in [0.5, 0.6) is 0 Å². The van der Waals surface area contributed by atoms with Gasteiger partial charge in [0.25, 0.3) is 5.91 Å². The summed E-state index contributed by atoms with van der Waals surface area (Å²) in [6.45, 7) is 3.63. The van der Waals surface area contributed by atoms with E-state index in [9.17, 15) is 13.2 Å². The smallest absolute Gasteiger partial charge is 0.270 e. The van der Waals surface area contributed by atoms with Crippen molar-refractivity contribution in [2.45, 2.75) is 31.1 Å². The van der Waals surface area contributed by atoms with E-state index in [0.29, 0.717) is 11.6 Å². The fraction of sp³-hybridized carbons (Fsp3) is 0.615. The first kappa shape index (κ1) is 15.1. The fourth-order valence-corrected chi connectivity index (χ4v) is 3.11. The molecule has 0 aliphatic carbocycles. The summed E-state index contributed by atoms with van der Waals surface area (Å²) < 4.78 is 24.2. The predicted octanol–water partition coefficient (Wildman–Crippen LogP) is 0.935. The number of likely N-dealkylation sites (tertiary alicyclic amines) is 1. The molecule has 0 radical (unpaired) electrons. The van der Waals surface area contributed by atoms with Crippen LogP contribution in [0.4, 0.5) is 0 Å². The molecule has 1 unspecified atom stereocenters. The number of hydrogen-bond acceptors (Lipinski definition) is 3. The van der Waals surface area contributed by atoms with Crippen LogP contribution in [0, 0.1) is 5.92 Å². The number of carbonyl (C=O) groups excluding carboxylic acids is 1. The molecule has 0 spiro atoms. The summed E-state index contributed by atoms with van der Waals surface area (Å²) in [5, 5.41) is 5.09. The minimum absolute atomic E-state index is 0.0217. The normalized spacial score (nSPS) is 20.8. The van der Waals surface area contributed by atoms with E-state index in [1.54, 1.807) is 11.9 Å². The summed E-state index contributed by atoms with van der Waals surface area (Å²) >= 11 is 0. The Morgan fingerprint density at radius 3 is 2.65 bits per heavy atom. The average Bonchev–Trinajstić information content (AvgIpc) is 2.61. The van der Waals surface area contributed by atoms with E-state index in [-0.39, 0.29) is 10.8 Å². The first-order valence-electron chi connectivity index (χ1n) is 6.77. The van der Waals surface area contributed by atoms with Gasteiger partial charge in [-0.1, -0.05) is 6.92 Å². The van der Waals surface area contributed by atoms with Gasteiger partial charge in [-0.25, -0.2) is 13.6 Å². The van der Waals surface area contributed by atoms with Crippen LogP contribution >= 0.6 is 0 Å². The van der Waals surface area contributed by atoms with Crippen LogP contribution in [0.15, 0.2) is 17.2 Å². The van der Waals surface area contributed by atoms with Crippen LogP contribution in [0.25, 0.3) is 0 Å². The second-order valence-electron chi connectivity index (χ2n) is 5.55. The standard InChI is InChI=1S/C13H21N3O3S/c1-10-4-3-6-16(7-5-10)13(17)12-8-11(9-15(12)2)20(14,18)19/h8-10H,3-7H2,1-2H3,(H2,14,18,19). The van der Waals surface area contributed by atoms with Crippen molar-refractivity contribution in [1.82, 2.24) is 9.47 Å². The average molecular weight is 299 g/mol. The molecule has 20 heavy (non-hydrogen) atoms. The maximum Gasteiger partial charge on any atom is 0.270 e. The Bertz CT molecular complexity index is 606. The maximum atomic E-state index is 12.5. The summed E-state index contributed by atoms with van der Waals surface area (Å²) in [6.07, 6.45) is 4.47. The Balaban J connectivity index is 2.23. The number of nitrogens with two attached hydrogens (primary N) is 1. The van der Waals surface area contributed by atoms with Gasteiger partial charge < -0.3 is 9.47 Å². The molecule has 2 heterocycles. The van der Waals surface area contributed by atoms with Gasteiger partial charge >= 0.3 is 0 Å². The van der Waals surface area contributed by atoms with E-state index < -0.39 is 10.0 Å². The molecule has 0 bridgehead atoms. The third-order valence-corrected chi connectivity index (χ3v) is 4.71. The van der Waals surface area contributed by atoms with E-state index in [2.05, 4.69) is 6.92 Å². The van der Waals surface area contributed by atoms with E-state index in [0.717, 1.165) is 32.4 Å². The molecule has 1 amide bonds. The lowest BCUT2D eigenvalue weighted by Gasteiger charge is -2.20. The number of sulfonamides is 1. The molecule has 1 saturated heterocycles. The number of aryl methyl sites for hydroxylation is 1. The van der Waals surface area contributed by atoms with Gasteiger partial charge in [0.1, 0.15) is 10.6 Å². The zero-order valence-electron chi connectivity index (χ0n) is 11.9. The summed E-state index contributed by atoms with van der Waals surface area (Å²) in [5.74, 6) is 0.498. The second-order valence-corrected chi connectivity index (χ2v) is 7.11. The molecular weight excluding hydrogens is 278 g/mol. The molecular formula is C13H21N3O3S. The van der Waals surface area contributed by atoms with Gasteiger partial charge in [0.15, 0.2) is 0 Å². The van der Waals surface area contributed by atoms with Crippen LogP contribution in [0.2, 0.25) is 0 Å². The molecule has 2 N–H and O–H groups in total. The molecule has 1 atom stereocenters. The maximum absolute atomic E-state index is 12.5. The number of amides is 1. The van der Waals surface area contributed by atoms with Gasteiger partial charge in [0.2, 0.25) is 10.0 Å². The predicted molar refractivity (Wildman–Crippen MR) is 75.7 cm³/mol. The molecule has 0 saturated carbocycles. The van der Waals surface area contributed by atoms with Crippen molar-refractivity contribution in [3.8, 4) is 0 Å². The lowest BCUT2D eigenvalue weighted by atomic mass is 10.0. The van der Waals surface area contributed by atoms with Crippen LogP contribution in [-0.2, 0) is 17.1 Å². The van der Waals surface area contributed by atoms with Gasteiger partial charge in [-0.3, -0.25) is 4.79 Å². The Morgan fingerprint density at radius 2 is 2.05 bits per heavy atom. The van der Waals surface area contributed by atoms with Crippen molar-refractivity contribution in [3.05, 3.63) is 18.0 Å². The minimum Gasteiger partial charge on any atom is -0.345 e. The highest BCUT2D eigenvalue weighted by molar-refractivity contribution is 7.89. The highest BCUT2D eigenvalue weighted by Gasteiger charge is 2.23. The van der Waals surface area contributed by atoms with Gasteiger partial charge in [-0.2, -0.15) is 0 Å². The first-order valence-corrected chi connectivity index (χ1v) is 8.32. The molecule has 7 heteroatoms. The second kappa shape index (κ2) is 5.57. The molecule has 1 aliphatic heterocycles. The van der Waals surface area contributed by atoms with E-state index >= 15 is 0 Å². The SMILES string of the molecule is CC1CCCN(C(=O)c2cc(S(N)(=O)=O)cn2C)CC1. The van der Waals surface area contributed by atoms with Gasteiger partial charge in [0, 0.05) is 26.3 Å². The highest BCUT2D eigenvalue weighted by atomic mass is 32.2. The lowest BCUT2D eigenvalue weighted by molar-refractivity contribution is 0.0751. The van der Waals surface area contributed by atoms with E-state index in [4.69, 9.17) is 5.14 Å². The number of nitrogens with zero attached hydrogens (tertiary/aromatic N) is 2. The topological polar surface area (TPSA) is 85.4 Å². The summed E-state index contributed by atoms with van der Waals surface area (Å²) in [7, 11) is -2.12. The minimum atomic E-state index is -3.78. The molecule has 112 valence electrons. The quantitative estimate of drug-likeness (QED) is 0.881. The van der Waals surface area contributed by atoms with Gasteiger partial charge in [0.05, 0.1) is 0 Å². The number of carbonyl (C=O) groups is 1. The van der Waals surface area contributed by atoms with Crippen LogP contribution in [0.1, 0.15) is 36.7 Å². The van der Waals surface area contributed by atoms with Gasteiger partial charge in [-0.15, -0.1) is 0 Å². The van der Waals surface area contributed by atoms with Crippen molar-refractivity contribution in [2.24, 2.45) is 18.1 Å². The van der Waals surface area contributed by atoms with E-state index in [1.165, 1.54) is 16.8 Å². The van der Waals surface area contributed by atoms with Crippen LogP contribution < -0.4 is 5.14 Å². The Labute approximate surface area is 119 Å². The zero-order valence-corrected chi connectivity index (χ0v) is 12.7. The molecule has 1 fully saturated rings. The first-order chi connectivity index (χ1) is 9.29. The monoisotopic (exact) mass is 299 g/mol. The molecule has 1 aromatic rings. The third kappa shape index (κ3) is 3.21. The van der Waals surface area contributed by atoms with Crippen molar-refractivity contribution in [1.29, 1.82) is 0 Å². The van der Waals surface area contributed by atoms with Crippen molar-refractivity contribution >= 4 is 15.9 Å². The number of primary sulfonamides is 1. The number of rotatable bonds is 2. The van der Waals surface area contributed by atoms with Crippen molar-refractivity contribution in [2.75, 3.05) is 13.1 Å². The summed E-state index contributed by atoms with van der Waals surface area (Å²) in [5.41, 5.74) is 0.364. The lowest BCUT2D eigenvalue weighted by Crippen LogP contribution is -2.33. The van der Waals surface area contributed by atoms with Crippen LogP contribution in [0.3, 0.4) is 0 Å². The molecule has 1 aliphatic rings. The van der Waals surface area contributed by atoms with Crippen molar-refractivity contribution < 1.29 is 13.2 Å². The molecule has 0 aromatic carbocycles. The van der Waals surface area contributed by atoms with Crippen molar-refractivity contribution in [3.63, 3.8) is 0 Å². The molecule has 2 rings (SSSR count). The fourth-order valence-electron chi connectivity index (χ4n) is 2.53. The Hall–Kier alpha value is -1.34.